The molecule has 0 aromatic heterocycles. The van der Waals surface area contributed by atoms with Crippen LogP contribution in [0.3, 0.4) is 0 Å². The van der Waals surface area contributed by atoms with Gasteiger partial charge in [0.15, 0.2) is 0 Å². The van der Waals surface area contributed by atoms with Gasteiger partial charge in [-0.2, -0.15) is 0 Å². The molecule has 0 saturated heterocycles. The van der Waals surface area contributed by atoms with Gasteiger partial charge in [-0.05, 0) is 0 Å². The second kappa shape index (κ2) is 2.42. The Morgan fingerprint density at radius 3 is 2.40 bits per heavy atom. The van der Waals surface area contributed by atoms with E-state index in [4.69, 9.17) is 11.6 Å². The summed E-state index contributed by atoms with van der Waals surface area (Å²) in [6.07, 6.45) is 0. The fourth-order valence-corrected chi connectivity index (χ4v) is 0.641. The number of hydrogen-bond acceptors (Lipinski definition) is 0. The van der Waals surface area contributed by atoms with E-state index in [9.17, 15) is 13.9 Å². The Morgan fingerprint density at radius 1 is 1.30 bits per heavy atom. The van der Waals surface area contributed by atoms with Crippen molar-refractivity contribution in [2.75, 3.05) is 0 Å². The Morgan fingerprint density at radius 2 is 1.90 bits per heavy atom. The Hall–Kier alpha value is -0.830. The summed E-state index contributed by atoms with van der Waals surface area (Å²) in [5.41, 5.74) is 0. The van der Waals surface area contributed by atoms with Gasteiger partial charge in [0.05, 0.1) is 0 Å². The summed E-state index contributed by atoms with van der Waals surface area (Å²) in [5.74, 6) is -2.77. The molecule has 1 radical (unpaired) electrons. The first-order chi connectivity index (χ1) is 4.61. The minimum Gasteiger partial charge on any atom is -0.288 e. The van der Waals surface area contributed by atoms with E-state index in [1.54, 1.807) is 0 Å². The van der Waals surface area contributed by atoms with Crippen LogP contribution in [0.4, 0.5) is 8.78 Å². The minimum absolute atomic E-state index is 0.559. The molecule has 0 saturated carbocycles. The maximum absolute atomic E-state index is 12.3. The normalized spacial score (nSPS) is 9.90. The standard InChI is InChI=1S/C6H2ClF2O/c7-6-4(9)1-3(8)2-5(6)10/h1-2H. The fraction of sp³-hybridized carbons (Fsp3) is 0. The third kappa shape index (κ3) is 1.19. The second-order valence-corrected chi connectivity index (χ2v) is 2.08. The van der Waals surface area contributed by atoms with E-state index in [1.165, 1.54) is 0 Å². The van der Waals surface area contributed by atoms with Gasteiger partial charge in [0.1, 0.15) is 16.7 Å². The highest BCUT2D eigenvalue weighted by Crippen LogP contribution is 2.27. The zero-order chi connectivity index (χ0) is 7.72. The van der Waals surface area contributed by atoms with Gasteiger partial charge in [-0.25, -0.2) is 8.78 Å². The number of rotatable bonds is 0. The summed E-state index contributed by atoms with van der Waals surface area (Å²) in [7, 11) is 0. The maximum atomic E-state index is 12.3. The average molecular weight is 164 g/mol. The Labute approximate surface area is 60.9 Å². The lowest BCUT2D eigenvalue weighted by Gasteiger charge is -1.93. The largest absolute Gasteiger partial charge is 0.288 e. The third-order valence-corrected chi connectivity index (χ3v) is 1.33. The van der Waals surface area contributed by atoms with Crippen LogP contribution in [-0.4, -0.2) is 0 Å². The number of benzene rings is 1. The highest BCUT2D eigenvalue weighted by Gasteiger charge is 2.08. The van der Waals surface area contributed by atoms with E-state index < -0.39 is 22.4 Å². The number of hydrogen-bond donors (Lipinski definition) is 0. The van der Waals surface area contributed by atoms with Crippen molar-refractivity contribution in [2.24, 2.45) is 0 Å². The Bertz CT molecular complexity index is 239. The lowest BCUT2D eigenvalue weighted by Crippen LogP contribution is -1.79. The van der Waals surface area contributed by atoms with E-state index in [2.05, 4.69) is 0 Å². The molecule has 0 N–H and O–H groups in total. The summed E-state index contributed by atoms with van der Waals surface area (Å²) < 4.78 is 24.4. The Balaban J connectivity index is 3.31. The topological polar surface area (TPSA) is 19.9 Å². The molecule has 10 heavy (non-hydrogen) atoms. The molecule has 0 aliphatic rings. The fourth-order valence-electron chi connectivity index (χ4n) is 0.532. The van der Waals surface area contributed by atoms with Crippen LogP contribution in [0, 0.1) is 11.6 Å². The first-order valence-electron chi connectivity index (χ1n) is 2.43. The van der Waals surface area contributed by atoms with Gasteiger partial charge >= 0.3 is 0 Å². The van der Waals surface area contributed by atoms with Gasteiger partial charge in [-0.3, -0.25) is 5.11 Å². The van der Waals surface area contributed by atoms with Gasteiger partial charge in [0.25, 0.3) is 0 Å². The molecule has 1 aromatic rings. The predicted octanol–water partition coefficient (Wildman–Crippen LogP) is 2.76. The van der Waals surface area contributed by atoms with Crippen LogP contribution >= 0.6 is 11.6 Å². The van der Waals surface area contributed by atoms with E-state index in [0.29, 0.717) is 12.1 Å². The molecular weight excluding hydrogens is 162 g/mol. The molecule has 0 heterocycles. The van der Waals surface area contributed by atoms with Crippen LogP contribution in [-0.2, 0) is 5.11 Å². The summed E-state index contributed by atoms with van der Waals surface area (Å²) in [4.78, 5) is 0. The molecule has 0 fully saturated rings. The van der Waals surface area contributed by atoms with E-state index in [0.717, 1.165) is 0 Å². The molecule has 0 spiro atoms. The first-order valence-corrected chi connectivity index (χ1v) is 2.80. The highest BCUT2D eigenvalue weighted by molar-refractivity contribution is 6.32. The minimum atomic E-state index is -1.02. The van der Waals surface area contributed by atoms with E-state index >= 15 is 0 Å². The van der Waals surface area contributed by atoms with Gasteiger partial charge in [0.2, 0.25) is 5.75 Å². The summed E-state index contributed by atoms with van der Waals surface area (Å²) >= 11 is 5.10. The number of halogens is 3. The van der Waals surface area contributed by atoms with E-state index in [1.807, 2.05) is 0 Å². The molecule has 0 bridgehead atoms. The van der Waals surface area contributed by atoms with Crippen molar-refractivity contribution in [3.8, 4) is 5.75 Å². The van der Waals surface area contributed by atoms with Gasteiger partial charge in [0, 0.05) is 12.1 Å². The zero-order valence-corrected chi connectivity index (χ0v) is 5.45. The molecule has 1 rings (SSSR count). The van der Waals surface area contributed by atoms with Crippen molar-refractivity contribution in [3.05, 3.63) is 28.8 Å². The van der Waals surface area contributed by atoms with Crippen molar-refractivity contribution in [3.63, 3.8) is 0 Å². The van der Waals surface area contributed by atoms with Crippen LogP contribution in [0.1, 0.15) is 0 Å². The molecule has 1 aromatic carbocycles. The first kappa shape index (κ1) is 7.28. The molecule has 53 valence electrons. The smallest absolute Gasteiger partial charge is 0.203 e. The maximum Gasteiger partial charge on any atom is 0.203 e. The lowest BCUT2D eigenvalue weighted by molar-refractivity contribution is 0.349. The van der Waals surface area contributed by atoms with Crippen molar-refractivity contribution in [2.45, 2.75) is 0 Å². The molecule has 0 unspecified atom stereocenters. The second-order valence-electron chi connectivity index (χ2n) is 1.70. The molecule has 4 heteroatoms. The summed E-state index contributed by atoms with van der Waals surface area (Å²) in [6.45, 7) is 0. The van der Waals surface area contributed by atoms with Gasteiger partial charge in [-0.15, -0.1) is 0 Å². The molecule has 0 amide bonds. The summed E-state index contributed by atoms with van der Waals surface area (Å²) in [5, 5.41) is 9.88. The van der Waals surface area contributed by atoms with Crippen LogP contribution in [0.15, 0.2) is 12.1 Å². The third-order valence-electron chi connectivity index (χ3n) is 0.960. The zero-order valence-electron chi connectivity index (χ0n) is 4.70. The molecule has 0 atom stereocenters. The molecule has 0 aliphatic heterocycles. The lowest BCUT2D eigenvalue weighted by atomic mass is 10.3. The van der Waals surface area contributed by atoms with Crippen molar-refractivity contribution < 1.29 is 13.9 Å². The summed E-state index contributed by atoms with van der Waals surface area (Å²) in [6, 6.07) is 1.19. The van der Waals surface area contributed by atoms with Crippen LogP contribution in [0.2, 0.25) is 5.02 Å². The van der Waals surface area contributed by atoms with Crippen molar-refractivity contribution in [1.82, 2.24) is 0 Å². The van der Waals surface area contributed by atoms with Crippen molar-refractivity contribution >= 4 is 11.6 Å². The van der Waals surface area contributed by atoms with Crippen LogP contribution in [0.5, 0.6) is 5.75 Å². The highest BCUT2D eigenvalue weighted by atomic mass is 35.5. The molecular formula is C6H2ClF2O. The monoisotopic (exact) mass is 163 g/mol. The molecule has 1 nitrogen and oxygen atoms in total. The molecule has 0 aliphatic carbocycles. The van der Waals surface area contributed by atoms with Crippen LogP contribution < -0.4 is 0 Å². The van der Waals surface area contributed by atoms with Gasteiger partial charge in [-0.1, -0.05) is 11.6 Å². The average Bonchev–Trinajstić information content (AvgIpc) is 1.82. The Kier molecular flexibility index (Phi) is 1.76. The van der Waals surface area contributed by atoms with Crippen LogP contribution in [0.25, 0.3) is 0 Å². The van der Waals surface area contributed by atoms with Crippen molar-refractivity contribution in [1.29, 1.82) is 0 Å². The van der Waals surface area contributed by atoms with E-state index in [-0.39, 0.29) is 0 Å². The SMILES string of the molecule is [O]c1cc(F)cc(F)c1Cl. The quantitative estimate of drug-likeness (QED) is 0.524. The van der Waals surface area contributed by atoms with Gasteiger partial charge < -0.3 is 0 Å². The predicted molar refractivity (Wildman–Crippen MR) is 31.5 cm³/mol.